The first-order valence-electron chi connectivity index (χ1n) is 6.45. The van der Waals surface area contributed by atoms with Gasteiger partial charge in [0, 0.05) is 38.7 Å². The van der Waals surface area contributed by atoms with Gasteiger partial charge in [0.05, 0.1) is 0 Å². The molecule has 112 valence electrons. The van der Waals surface area contributed by atoms with E-state index in [4.69, 9.17) is 4.52 Å². The fourth-order valence-electron chi connectivity index (χ4n) is 1.91. The van der Waals surface area contributed by atoms with Crippen LogP contribution in [-0.4, -0.2) is 16.1 Å². The van der Waals surface area contributed by atoms with Crippen LogP contribution in [0.4, 0.5) is 0 Å². The van der Waals surface area contributed by atoms with Gasteiger partial charge in [-0.15, -0.1) is 11.3 Å². The Hall–Kier alpha value is -2.25. The molecule has 0 atom stereocenters. The van der Waals surface area contributed by atoms with Crippen molar-refractivity contribution in [1.82, 2.24) is 10.1 Å². The zero-order valence-electron chi connectivity index (χ0n) is 11.6. The topological polar surface area (TPSA) is 79.0 Å². The van der Waals surface area contributed by atoms with E-state index in [1.807, 2.05) is 35.9 Å². The summed E-state index contributed by atoms with van der Waals surface area (Å²) in [5, 5.41) is 18.7. The molecule has 3 heterocycles. The molecule has 0 fully saturated rings. The van der Waals surface area contributed by atoms with Gasteiger partial charge >= 0.3 is 0 Å². The van der Waals surface area contributed by atoms with Gasteiger partial charge in [-0.1, -0.05) is 5.16 Å². The molecule has 0 unspecified atom stereocenters. The normalized spacial score (nSPS) is 11.8. The number of carbonyl (C=O) groups excluding carboxylic acids is 1. The molecule has 5 nitrogen and oxygen atoms in total. The second-order valence-corrected chi connectivity index (χ2v) is 6.70. The number of carbonyl (C=O) groups is 1. The largest absolute Gasteiger partial charge is 0.550 e. The van der Waals surface area contributed by atoms with E-state index in [2.05, 4.69) is 10.1 Å². The maximum absolute atomic E-state index is 11.0. The molecular weight excluding hydrogens is 320 g/mol. The fourth-order valence-corrected chi connectivity index (χ4v) is 3.39. The van der Waals surface area contributed by atoms with Crippen LogP contribution in [0.25, 0.3) is 23.0 Å². The van der Waals surface area contributed by atoms with Crippen LogP contribution < -0.4 is 5.11 Å². The lowest BCUT2D eigenvalue weighted by atomic mass is 10.1. The minimum atomic E-state index is -1.19. The highest BCUT2D eigenvalue weighted by molar-refractivity contribution is 7.12. The Morgan fingerprint density at radius 1 is 1.41 bits per heavy atom. The molecule has 0 aliphatic rings. The van der Waals surface area contributed by atoms with Crippen LogP contribution in [-0.2, 0) is 4.79 Å². The smallest absolute Gasteiger partial charge is 0.254 e. The number of thiophene rings is 2. The predicted molar refractivity (Wildman–Crippen MR) is 84.2 cm³/mol. The number of aliphatic carboxylic acids is 1. The molecule has 3 rings (SSSR count). The van der Waals surface area contributed by atoms with E-state index in [1.54, 1.807) is 17.4 Å². The Morgan fingerprint density at radius 2 is 2.27 bits per heavy atom. The molecule has 0 aromatic carbocycles. The lowest BCUT2D eigenvalue weighted by Gasteiger charge is -2.03. The summed E-state index contributed by atoms with van der Waals surface area (Å²) in [6, 6.07) is 5.77. The first-order valence-corrected chi connectivity index (χ1v) is 8.21. The third-order valence-corrected chi connectivity index (χ3v) is 4.52. The third-order valence-electron chi connectivity index (χ3n) is 2.89. The standard InChI is InChI=1S/C15H12N2O3S2/c1-9-2-3-12(22-9)6-11(7-13(18)19)15-16-14(17-20-15)10-4-5-21-8-10/h2-6,8H,7H2,1H3,(H,18,19)/p-1/b11-6+. The van der Waals surface area contributed by atoms with Crippen molar-refractivity contribution in [3.63, 3.8) is 0 Å². The van der Waals surface area contributed by atoms with Crippen molar-refractivity contribution in [3.8, 4) is 11.4 Å². The van der Waals surface area contributed by atoms with Gasteiger partial charge in [-0.05, 0) is 36.6 Å². The minimum Gasteiger partial charge on any atom is -0.550 e. The maximum atomic E-state index is 11.0. The number of rotatable bonds is 5. The van der Waals surface area contributed by atoms with Crippen molar-refractivity contribution in [2.24, 2.45) is 0 Å². The van der Waals surface area contributed by atoms with Crippen LogP contribution in [0.15, 0.2) is 33.5 Å². The number of hydrogen-bond acceptors (Lipinski definition) is 7. The molecule has 0 amide bonds. The average molecular weight is 331 g/mol. The van der Waals surface area contributed by atoms with E-state index in [9.17, 15) is 9.90 Å². The van der Waals surface area contributed by atoms with E-state index >= 15 is 0 Å². The maximum Gasteiger partial charge on any atom is 0.254 e. The van der Waals surface area contributed by atoms with E-state index in [0.29, 0.717) is 11.4 Å². The van der Waals surface area contributed by atoms with E-state index in [0.717, 1.165) is 15.3 Å². The summed E-state index contributed by atoms with van der Waals surface area (Å²) in [6.07, 6.45) is 1.47. The molecule has 0 N–H and O–H groups in total. The van der Waals surface area contributed by atoms with Gasteiger partial charge in [0.2, 0.25) is 5.82 Å². The number of carboxylic acids is 1. The molecule has 0 bridgehead atoms. The summed E-state index contributed by atoms with van der Waals surface area (Å²) in [4.78, 5) is 17.3. The fraction of sp³-hybridized carbons (Fsp3) is 0.133. The van der Waals surface area contributed by atoms with Crippen LogP contribution in [0, 0.1) is 6.92 Å². The zero-order valence-corrected chi connectivity index (χ0v) is 13.2. The van der Waals surface area contributed by atoms with Gasteiger partial charge in [-0.3, -0.25) is 0 Å². The molecular formula is C15H11N2O3S2-. The number of nitrogens with zero attached hydrogens (tertiary/aromatic N) is 2. The second kappa shape index (κ2) is 6.25. The van der Waals surface area contributed by atoms with Gasteiger partial charge < -0.3 is 14.4 Å². The van der Waals surface area contributed by atoms with Crippen molar-refractivity contribution < 1.29 is 14.4 Å². The second-order valence-electron chi connectivity index (χ2n) is 4.60. The van der Waals surface area contributed by atoms with Gasteiger partial charge in [-0.25, -0.2) is 0 Å². The molecule has 0 saturated carbocycles. The lowest BCUT2D eigenvalue weighted by Crippen LogP contribution is -2.22. The number of carboxylic acid groups (broad SMARTS) is 1. The quantitative estimate of drug-likeness (QED) is 0.718. The van der Waals surface area contributed by atoms with Crippen molar-refractivity contribution in [3.05, 3.63) is 44.6 Å². The number of aryl methyl sites for hydroxylation is 1. The Kier molecular flexibility index (Phi) is 4.17. The van der Waals surface area contributed by atoms with E-state index < -0.39 is 5.97 Å². The molecule has 0 spiro atoms. The number of hydrogen-bond donors (Lipinski definition) is 0. The molecule has 3 aromatic heterocycles. The van der Waals surface area contributed by atoms with Crippen molar-refractivity contribution >= 4 is 40.3 Å². The monoisotopic (exact) mass is 331 g/mol. The Balaban J connectivity index is 1.96. The molecule has 3 aromatic rings. The summed E-state index contributed by atoms with van der Waals surface area (Å²) >= 11 is 3.09. The molecule has 0 saturated heterocycles. The molecule has 0 aliphatic carbocycles. The van der Waals surface area contributed by atoms with Crippen LogP contribution >= 0.6 is 22.7 Å². The highest BCUT2D eigenvalue weighted by Gasteiger charge is 2.14. The zero-order chi connectivity index (χ0) is 15.5. The summed E-state index contributed by atoms with van der Waals surface area (Å²) in [5.41, 5.74) is 1.29. The van der Waals surface area contributed by atoms with Gasteiger partial charge in [0.15, 0.2) is 0 Å². The Bertz CT molecular complexity index is 816. The van der Waals surface area contributed by atoms with Crippen LogP contribution in [0.5, 0.6) is 0 Å². The summed E-state index contributed by atoms with van der Waals surface area (Å²) < 4.78 is 5.22. The van der Waals surface area contributed by atoms with Crippen molar-refractivity contribution in [2.75, 3.05) is 0 Å². The van der Waals surface area contributed by atoms with Crippen LogP contribution in [0.2, 0.25) is 0 Å². The highest BCUT2D eigenvalue weighted by Crippen LogP contribution is 2.26. The lowest BCUT2D eigenvalue weighted by molar-refractivity contribution is -0.304. The average Bonchev–Trinajstić information content (AvgIpc) is 3.18. The van der Waals surface area contributed by atoms with Gasteiger partial charge in [0.1, 0.15) is 0 Å². The van der Waals surface area contributed by atoms with E-state index in [-0.39, 0.29) is 12.3 Å². The summed E-state index contributed by atoms with van der Waals surface area (Å²) in [5.74, 6) is -0.533. The molecule has 0 radical (unpaired) electrons. The third kappa shape index (κ3) is 3.32. The Morgan fingerprint density at radius 3 is 2.91 bits per heavy atom. The van der Waals surface area contributed by atoms with Gasteiger partial charge in [0.25, 0.3) is 5.89 Å². The first-order chi connectivity index (χ1) is 10.6. The van der Waals surface area contributed by atoms with Crippen molar-refractivity contribution in [2.45, 2.75) is 13.3 Å². The first kappa shape index (κ1) is 14.7. The SMILES string of the molecule is Cc1ccc(/C=C(\CC(=O)[O-])c2nc(-c3ccsc3)no2)s1. The highest BCUT2D eigenvalue weighted by atomic mass is 32.1. The summed E-state index contributed by atoms with van der Waals surface area (Å²) in [6.45, 7) is 1.99. The minimum absolute atomic E-state index is 0.205. The van der Waals surface area contributed by atoms with Crippen LogP contribution in [0.1, 0.15) is 22.1 Å². The molecule has 7 heteroatoms. The van der Waals surface area contributed by atoms with Crippen molar-refractivity contribution in [1.29, 1.82) is 0 Å². The van der Waals surface area contributed by atoms with Gasteiger partial charge in [-0.2, -0.15) is 16.3 Å². The Labute approximate surface area is 134 Å². The van der Waals surface area contributed by atoms with Crippen LogP contribution in [0.3, 0.4) is 0 Å². The van der Waals surface area contributed by atoms with E-state index in [1.165, 1.54) is 11.3 Å². The summed E-state index contributed by atoms with van der Waals surface area (Å²) in [7, 11) is 0. The molecule has 0 aliphatic heterocycles. The molecule has 22 heavy (non-hydrogen) atoms. The predicted octanol–water partition coefficient (Wildman–Crippen LogP) is 2.85. The number of aromatic nitrogens is 2.